The fourth-order valence-electron chi connectivity index (χ4n) is 2.51. The van der Waals surface area contributed by atoms with Crippen LogP contribution in [0.25, 0.3) is 0 Å². The van der Waals surface area contributed by atoms with Crippen molar-refractivity contribution in [1.29, 1.82) is 0 Å². The van der Waals surface area contributed by atoms with Crippen LogP contribution in [-0.4, -0.2) is 38.6 Å². The Balaban J connectivity index is 2.99. The van der Waals surface area contributed by atoms with E-state index in [2.05, 4.69) is 22.9 Å². The van der Waals surface area contributed by atoms with Gasteiger partial charge in [-0.1, -0.05) is 46.0 Å². The Morgan fingerprint density at radius 3 is 1.48 bits per heavy atom. The molecular formula is C19H41N3O. The van der Waals surface area contributed by atoms with Crippen molar-refractivity contribution in [2.75, 3.05) is 32.7 Å². The van der Waals surface area contributed by atoms with Gasteiger partial charge in [0.2, 0.25) is 5.91 Å². The molecule has 0 aromatic heterocycles. The standard InChI is InChI=1S/C19H41N3O/c1-3-5-6-9-14-20-15-10-7-11-16-21-17-12-8-13-18-22-19(23)4-2/h20-21H,3-18H2,1-2H3,(H,22,23). The zero-order chi connectivity index (χ0) is 17.0. The summed E-state index contributed by atoms with van der Waals surface area (Å²) in [4.78, 5) is 11.0. The average molecular weight is 328 g/mol. The van der Waals surface area contributed by atoms with Crippen LogP contribution in [0, 0.1) is 0 Å². The molecule has 138 valence electrons. The van der Waals surface area contributed by atoms with E-state index in [0.717, 1.165) is 26.1 Å². The van der Waals surface area contributed by atoms with Crippen molar-refractivity contribution >= 4 is 5.91 Å². The Morgan fingerprint density at radius 1 is 0.609 bits per heavy atom. The number of carbonyl (C=O) groups is 1. The van der Waals surface area contributed by atoms with Crippen LogP contribution in [0.5, 0.6) is 0 Å². The predicted octanol–water partition coefficient (Wildman–Crippen LogP) is 3.61. The molecular weight excluding hydrogens is 286 g/mol. The third-order valence-electron chi connectivity index (χ3n) is 4.09. The predicted molar refractivity (Wildman–Crippen MR) is 101 cm³/mol. The van der Waals surface area contributed by atoms with Crippen molar-refractivity contribution in [3.8, 4) is 0 Å². The molecule has 0 aliphatic rings. The van der Waals surface area contributed by atoms with Gasteiger partial charge in [0.15, 0.2) is 0 Å². The molecule has 0 aromatic carbocycles. The van der Waals surface area contributed by atoms with Crippen molar-refractivity contribution in [2.24, 2.45) is 0 Å². The molecule has 1 amide bonds. The topological polar surface area (TPSA) is 53.2 Å². The molecule has 0 atom stereocenters. The molecule has 0 spiro atoms. The maximum atomic E-state index is 11.0. The van der Waals surface area contributed by atoms with Gasteiger partial charge in [-0.25, -0.2) is 0 Å². The van der Waals surface area contributed by atoms with E-state index in [1.807, 2.05) is 6.92 Å². The molecule has 0 saturated heterocycles. The van der Waals surface area contributed by atoms with E-state index in [9.17, 15) is 4.79 Å². The minimum atomic E-state index is 0.165. The molecule has 0 saturated carbocycles. The van der Waals surface area contributed by atoms with Crippen LogP contribution >= 0.6 is 0 Å². The van der Waals surface area contributed by atoms with Gasteiger partial charge in [-0.05, 0) is 58.3 Å². The summed E-state index contributed by atoms with van der Waals surface area (Å²) in [7, 11) is 0. The average Bonchev–Trinajstić information content (AvgIpc) is 2.57. The molecule has 23 heavy (non-hydrogen) atoms. The summed E-state index contributed by atoms with van der Waals surface area (Å²) in [6.45, 7) is 9.60. The van der Waals surface area contributed by atoms with Crippen molar-refractivity contribution < 1.29 is 4.79 Å². The first-order chi connectivity index (χ1) is 11.3. The summed E-state index contributed by atoms with van der Waals surface area (Å²) in [6.07, 6.45) is 13.4. The Labute approximate surface area is 144 Å². The van der Waals surface area contributed by atoms with Crippen LogP contribution in [0.3, 0.4) is 0 Å². The maximum Gasteiger partial charge on any atom is 0.219 e. The molecule has 0 fully saturated rings. The van der Waals surface area contributed by atoms with Gasteiger partial charge in [0, 0.05) is 13.0 Å². The quantitative estimate of drug-likeness (QED) is 0.337. The van der Waals surface area contributed by atoms with Gasteiger partial charge in [0.1, 0.15) is 0 Å². The second-order valence-corrected chi connectivity index (χ2v) is 6.39. The Kier molecular flexibility index (Phi) is 18.9. The summed E-state index contributed by atoms with van der Waals surface area (Å²) in [5.41, 5.74) is 0. The van der Waals surface area contributed by atoms with Gasteiger partial charge in [-0.3, -0.25) is 4.79 Å². The van der Waals surface area contributed by atoms with E-state index in [0.29, 0.717) is 6.42 Å². The molecule has 0 heterocycles. The van der Waals surface area contributed by atoms with Crippen LogP contribution < -0.4 is 16.0 Å². The van der Waals surface area contributed by atoms with Gasteiger partial charge in [-0.2, -0.15) is 0 Å². The first-order valence-electron chi connectivity index (χ1n) is 9.99. The van der Waals surface area contributed by atoms with E-state index in [-0.39, 0.29) is 5.91 Å². The number of nitrogens with one attached hydrogen (secondary N) is 3. The Hall–Kier alpha value is -0.610. The zero-order valence-corrected chi connectivity index (χ0v) is 15.7. The maximum absolute atomic E-state index is 11.0. The number of amides is 1. The van der Waals surface area contributed by atoms with Gasteiger partial charge in [0.25, 0.3) is 0 Å². The van der Waals surface area contributed by atoms with Crippen LogP contribution in [0.1, 0.15) is 84.5 Å². The van der Waals surface area contributed by atoms with Crippen LogP contribution in [-0.2, 0) is 4.79 Å². The lowest BCUT2D eigenvalue weighted by Gasteiger charge is -2.06. The summed E-state index contributed by atoms with van der Waals surface area (Å²) < 4.78 is 0. The summed E-state index contributed by atoms with van der Waals surface area (Å²) in [5.74, 6) is 0.165. The third kappa shape index (κ3) is 19.3. The summed E-state index contributed by atoms with van der Waals surface area (Å²) in [5, 5.41) is 9.97. The van der Waals surface area contributed by atoms with E-state index in [4.69, 9.17) is 0 Å². The number of hydrogen-bond acceptors (Lipinski definition) is 3. The van der Waals surface area contributed by atoms with Crippen molar-refractivity contribution in [3.05, 3.63) is 0 Å². The van der Waals surface area contributed by atoms with E-state index < -0.39 is 0 Å². The van der Waals surface area contributed by atoms with Gasteiger partial charge in [-0.15, -0.1) is 0 Å². The lowest BCUT2D eigenvalue weighted by molar-refractivity contribution is -0.120. The van der Waals surface area contributed by atoms with Crippen LogP contribution in [0.2, 0.25) is 0 Å². The smallest absolute Gasteiger partial charge is 0.219 e. The summed E-state index contributed by atoms with van der Waals surface area (Å²) in [6, 6.07) is 0. The third-order valence-corrected chi connectivity index (χ3v) is 4.09. The largest absolute Gasteiger partial charge is 0.356 e. The zero-order valence-electron chi connectivity index (χ0n) is 15.7. The number of hydrogen-bond donors (Lipinski definition) is 3. The molecule has 3 N–H and O–H groups in total. The highest BCUT2D eigenvalue weighted by Gasteiger charge is 1.95. The van der Waals surface area contributed by atoms with Crippen molar-refractivity contribution in [2.45, 2.75) is 84.5 Å². The normalized spacial score (nSPS) is 10.9. The fourth-order valence-corrected chi connectivity index (χ4v) is 2.51. The first kappa shape index (κ1) is 22.4. The van der Waals surface area contributed by atoms with E-state index in [1.54, 1.807) is 0 Å². The van der Waals surface area contributed by atoms with Crippen LogP contribution in [0.15, 0.2) is 0 Å². The number of carbonyl (C=O) groups excluding carboxylic acids is 1. The lowest BCUT2D eigenvalue weighted by atomic mass is 10.2. The van der Waals surface area contributed by atoms with E-state index >= 15 is 0 Å². The Morgan fingerprint density at radius 2 is 1.04 bits per heavy atom. The molecule has 4 nitrogen and oxygen atoms in total. The summed E-state index contributed by atoms with van der Waals surface area (Å²) >= 11 is 0. The molecule has 0 unspecified atom stereocenters. The molecule has 0 bridgehead atoms. The highest BCUT2D eigenvalue weighted by Crippen LogP contribution is 1.98. The highest BCUT2D eigenvalue weighted by atomic mass is 16.1. The highest BCUT2D eigenvalue weighted by molar-refractivity contribution is 5.75. The van der Waals surface area contributed by atoms with Crippen molar-refractivity contribution in [1.82, 2.24) is 16.0 Å². The number of rotatable bonds is 18. The molecule has 0 rings (SSSR count). The molecule has 4 heteroatoms. The first-order valence-corrected chi connectivity index (χ1v) is 9.99. The molecule has 0 radical (unpaired) electrons. The minimum Gasteiger partial charge on any atom is -0.356 e. The minimum absolute atomic E-state index is 0.165. The number of unbranched alkanes of at least 4 members (excludes halogenated alkanes) is 7. The van der Waals surface area contributed by atoms with Crippen LogP contribution in [0.4, 0.5) is 0 Å². The molecule has 0 aromatic rings. The second-order valence-electron chi connectivity index (χ2n) is 6.39. The Bertz CT molecular complexity index is 247. The monoisotopic (exact) mass is 327 g/mol. The SMILES string of the molecule is CCCCCCNCCCCCNCCCCCNC(=O)CC. The van der Waals surface area contributed by atoms with Gasteiger partial charge < -0.3 is 16.0 Å². The molecule has 0 aliphatic heterocycles. The van der Waals surface area contributed by atoms with Gasteiger partial charge >= 0.3 is 0 Å². The second kappa shape index (κ2) is 19.4. The molecule has 0 aliphatic carbocycles. The van der Waals surface area contributed by atoms with Gasteiger partial charge in [0.05, 0.1) is 0 Å². The lowest BCUT2D eigenvalue weighted by Crippen LogP contribution is -2.23. The van der Waals surface area contributed by atoms with Crippen molar-refractivity contribution in [3.63, 3.8) is 0 Å². The fraction of sp³-hybridized carbons (Fsp3) is 0.947. The van der Waals surface area contributed by atoms with E-state index in [1.165, 1.54) is 70.9 Å².